The van der Waals surface area contributed by atoms with E-state index in [-0.39, 0.29) is 22.5 Å². The molecule has 0 atom stereocenters. The molecule has 3 aromatic heterocycles. The molecule has 4 N–H and O–H groups in total. The Kier molecular flexibility index (Phi) is 7.23. The standard InChI is InChI=1S/C26H23FN8O4/c1-15-29-22(33-32-15)11-4-16-2-5-17(6-3-16)30-26-28-12-20-23(36)21(25(37)34-38)13-35(24(20)31-26)18-7-9-19(10-8-18)39-14-27/h2-3,5-10,12-13,38H,4,11,14H2,1H3,(H,34,37)(H,28,30,31)(H,29,32,33). The first-order valence-corrected chi connectivity index (χ1v) is 11.8. The maximum Gasteiger partial charge on any atom is 0.280 e. The highest BCUT2D eigenvalue weighted by Gasteiger charge is 2.18. The van der Waals surface area contributed by atoms with E-state index in [0.29, 0.717) is 17.9 Å². The van der Waals surface area contributed by atoms with Gasteiger partial charge in [0.2, 0.25) is 18.2 Å². The van der Waals surface area contributed by atoms with Gasteiger partial charge >= 0.3 is 0 Å². The van der Waals surface area contributed by atoms with Crippen molar-refractivity contribution in [2.45, 2.75) is 19.8 Å². The molecule has 0 spiro atoms. The van der Waals surface area contributed by atoms with E-state index in [1.807, 2.05) is 31.2 Å². The number of ether oxygens (including phenoxy) is 1. The monoisotopic (exact) mass is 530 g/mol. The van der Waals surface area contributed by atoms with Crippen molar-refractivity contribution in [2.24, 2.45) is 0 Å². The van der Waals surface area contributed by atoms with Gasteiger partial charge in [-0.2, -0.15) is 10.1 Å². The molecule has 12 nitrogen and oxygen atoms in total. The van der Waals surface area contributed by atoms with Crippen LogP contribution in [0.1, 0.15) is 27.6 Å². The number of hydrogen-bond donors (Lipinski definition) is 4. The summed E-state index contributed by atoms with van der Waals surface area (Å²) in [6, 6.07) is 14.0. The van der Waals surface area contributed by atoms with E-state index in [0.717, 1.165) is 29.3 Å². The molecular weight excluding hydrogens is 507 g/mol. The molecule has 0 fully saturated rings. The third-order valence-electron chi connectivity index (χ3n) is 5.92. The van der Waals surface area contributed by atoms with E-state index in [1.165, 1.54) is 34.6 Å². The van der Waals surface area contributed by atoms with Gasteiger partial charge in [-0.1, -0.05) is 12.1 Å². The molecule has 0 bridgehead atoms. The molecule has 5 aromatic rings. The molecule has 0 aliphatic carbocycles. The number of anilines is 2. The van der Waals surface area contributed by atoms with Crippen molar-refractivity contribution in [1.29, 1.82) is 0 Å². The highest BCUT2D eigenvalue weighted by molar-refractivity contribution is 5.96. The molecule has 0 unspecified atom stereocenters. The zero-order valence-corrected chi connectivity index (χ0v) is 20.7. The van der Waals surface area contributed by atoms with Gasteiger partial charge in [-0.15, -0.1) is 0 Å². The molecule has 3 heterocycles. The van der Waals surface area contributed by atoms with Gasteiger partial charge in [0.1, 0.15) is 17.1 Å². The van der Waals surface area contributed by atoms with Gasteiger partial charge in [-0.25, -0.2) is 19.8 Å². The van der Waals surface area contributed by atoms with Crippen LogP contribution in [-0.4, -0.2) is 47.7 Å². The smallest absolute Gasteiger partial charge is 0.280 e. The fourth-order valence-corrected chi connectivity index (χ4v) is 4.00. The fourth-order valence-electron chi connectivity index (χ4n) is 4.00. The Morgan fingerprint density at radius 2 is 1.87 bits per heavy atom. The maximum atomic E-state index is 13.0. The van der Waals surface area contributed by atoms with Gasteiger partial charge in [-0.3, -0.25) is 19.9 Å². The highest BCUT2D eigenvalue weighted by Crippen LogP contribution is 2.22. The number of amides is 1. The summed E-state index contributed by atoms with van der Waals surface area (Å²) in [5, 5.41) is 19.3. The number of hydrogen-bond acceptors (Lipinski definition) is 9. The summed E-state index contributed by atoms with van der Waals surface area (Å²) < 4.78 is 18.9. The lowest BCUT2D eigenvalue weighted by molar-refractivity contribution is 0.0704. The number of nitrogens with zero attached hydrogens (tertiary/aromatic N) is 5. The van der Waals surface area contributed by atoms with Gasteiger partial charge in [0.15, 0.2) is 11.5 Å². The summed E-state index contributed by atoms with van der Waals surface area (Å²) in [6.45, 7) is 0.876. The summed E-state index contributed by atoms with van der Waals surface area (Å²) in [5.41, 5.74) is 3.07. The summed E-state index contributed by atoms with van der Waals surface area (Å²) in [4.78, 5) is 38.2. The minimum atomic E-state index is -0.981. The van der Waals surface area contributed by atoms with Crippen LogP contribution >= 0.6 is 0 Å². The fraction of sp³-hybridized carbons (Fsp3) is 0.154. The molecule has 39 heavy (non-hydrogen) atoms. The van der Waals surface area contributed by atoms with Crippen LogP contribution in [0.15, 0.2) is 65.7 Å². The van der Waals surface area contributed by atoms with Crippen LogP contribution < -0.4 is 21.0 Å². The van der Waals surface area contributed by atoms with E-state index in [4.69, 9.17) is 9.94 Å². The Morgan fingerprint density at radius 1 is 1.10 bits per heavy atom. The SMILES string of the molecule is Cc1nc(CCc2ccc(Nc3ncc4c(=O)c(C(=O)NO)cn(-c5ccc(OCF)cc5)c4n3)cc2)n[nH]1. The summed E-state index contributed by atoms with van der Waals surface area (Å²) in [6.07, 6.45) is 4.06. The van der Waals surface area contributed by atoms with Crippen molar-refractivity contribution in [3.63, 3.8) is 0 Å². The molecule has 2 aromatic carbocycles. The molecule has 0 radical (unpaired) electrons. The van der Waals surface area contributed by atoms with Gasteiger partial charge in [0.25, 0.3) is 5.91 Å². The van der Waals surface area contributed by atoms with Crippen LogP contribution in [0.5, 0.6) is 5.75 Å². The minimum absolute atomic E-state index is 0.0586. The van der Waals surface area contributed by atoms with Gasteiger partial charge in [0, 0.05) is 30.2 Å². The number of fused-ring (bicyclic) bond motifs is 1. The van der Waals surface area contributed by atoms with Crippen molar-refractivity contribution < 1.29 is 19.1 Å². The maximum absolute atomic E-state index is 13.0. The lowest BCUT2D eigenvalue weighted by atomic mass is 10.1. The molecule has 5 rings (SSSR count). The van der Waals surface area contributed by atoms with Gasteiger partial charge in [0.05, 0.1) is 5.39 Å². The highest BCUT2D eigenvalue weighted by atomic mass is 19.1. The largest absolute Gasteiger partial charge is 0.463 e. The van der Waals surface area contributed by atoms with Gasteiger partial charge < -0.3 is 14.6 Å². The summed E-state index contributed by atoms with van der Waals surface area (Å²) in [7, 11) is 0. The number of carbonyl (C=O) groups excluding carboxylic acids is 1. The second kappa shape index (κ2) is 11.1. The van der Waals surface area contributed by atoms with E-state index in [2.05, 4.69) is 30.5 Å². The van der Waals surface area contributed by atoms with Crippen LogP contribution in [0.4, 0.5) is 16.0 Å². The third kappa shape index (κ3) is 5.57. The van der Waals surface area contributed by atoms with E-state index in [1.54, 1.807) is 12.1 Å². The number of hydroxylamine groups is 1. The Labute approximate surface area is 220 Å². The Balaban J connectivity index is 1.45. The number of aryl methyl sites for hydroxylation is 3. The second-order valence-corrected chi connectivity index (χ2v) is 8.52. The van der Waals surface area contributed by atoms with E-state index >= 15 is 0 Å². The van der Waals surface area contributed by atoms with E-state index in [9.17, 15) is 14.0 Å². The quantitative estimate of drug-likeness (QED) is 0.166. The van der Waals surface area contributed by atoms with Crippen molar-refractivity contribution >= 4 is 28.6 Å². The topological polar surface area (TPSA) is 160 Å². The van der Waals surface area contributed by atoms with Crippen molar-refractivity contribution in [2.75, 3.05) is 12.2 Å². The number of carbonyl (C=O) groups is 1. The lowest BCUT2D eigenvalue weighted by Gasteiger charge is -2.14. The Bertz CT molecular complexity index is 1680. The number of alkyl halides is 1. The van der Waals surface area contributed by atoms with Crippen LogP contribution in [-0.2, 0) is 12.8 Å². The number of aromatic nitrogens is 6. The predicted molar refractivity (Wildman–Crippen MR) is 139 cm³/mol. The van der Waals surface area contributed by atoms with Crippen LogP contribution in [0.25, 0.3) is 16.7 Å². The van der Waals surface area contributed by atoms with Gasteiger partial charge in [-0.05, 0) is 55.3 Å². The van der Waals surface area contributed by atoms with Crippen LogP contribution in [0, 0.1) is 6.92 Å². The summed E-state index contributed by atoms with van der Waals surface area (Å²) in [5.74, 6) is 1.08. The van der Waals surface area contributed by atoms with Crippen molar-refractivity contribution in [3.05, 3.63) is 93.9 Å². The predicted octanol–water partition coefficient (Wildman–Crippen LogP) is 3.16. The molecule has 198 valence electrons. The molecule has 13 heteroatoms. The molecule has 0 saturated carbocycles. The van der Waals surface area contributed by atoms with Crippen LogP contribution in [0.3, 0.4) is 0 Å². The molecule has 0 aliphatic rings. The molecule has 1 amide bonds. The number of nitrogens with one attached hydrogen (secondary N) is 3. The first kappa shape index (κ1) is 25.5. The Morgan fingerprint density at radius 3 is 2.54 bits per heavy atom. The Hall–Kier alpha value is -5.17. The number of benzene rings is 2. The number of aromatic amines is 1. The van der Waals surface area contributed by atoms with Crippen LogP contribution in [0.2, 0.25) is 0 Å². The van der Waals surface area contributed by atoms with Crippen molar-refractivity contribution in [3.8, 4) is 11.4 Å². The van der Waals surface area contributed by atoms with E-state index < -0.39 is 18.2 Å². The minimum Gasteiger partial charge on any atom is -0.463 e. The average molecular weight is 531 g/mol. The first-order chi connectivity index (χ1) is 18.9. The zero-order chi connectivity index (χ0) is 27.4. The van der Waals surface area contributed by atoms with Crippen molar-refractivity contribution in [1.82, 2.24) is 35.2 Å². The second-order valence-electron chi connectivity index (χ2n) is 8.52. The lowest BCUT2D eigenvalue weighted by Crippen LogP contribution is -2.27. The molecule has 0 saturated heterocycles. The zero-order valence-electron chi connectivity index (χ0n) is 20.7. The first-order valence-electron chi connectivity index (χ1n) is 11.8. The average Bonchev–Trinajstić information content (AvgIpc) is 3.38. The number of pyridine rings is 1. The number of halogens is 1. The third-order valence-corrected chi connectivity index (χ3v) is 5.92. The molecular formula is C26H23FN8O4. The summed E-state index contributed by atoms with van der Waals surface area (Å²) >= 11 is 0. The normalized spacial score (nSPS) is 10.9. The number of rotatable bonds is 9. The molecule has 0 aliphatic heterocycles. The number of H-pyrrole nitrogens is 1.